The lowest BCUT2D eigenvalue weighted by molar-refractivity contribution is -0.130. The van der Waals surface area contributed by atoms with Crippen LogP contribution in [0.1, 0.15) is 26.2 Å². The second-order valence-corrected chi connectivity index (χ2v) is 4.75. The first-order valence-electron chi connectivity index (χ1n) is 6.29. The van der Waals surface area contributed by atoms with Crippen LogP contribution in [-0.2, 0) is 4.79 Å². The van der Waals surface area contributed by atoms with Gasteiger partial charge >= 0.3 is 0 Å². The van der Waals surface area contributed by atoms with Crippen molar-refractivity contribution in [2.24, 2.45) is 0 Å². The number of rotatable bonds is 5. The molecule has 1 amide bonds. The van der Waals surface area contributed by atoms with Gasteiger partial charge in [0, 0.05) is 26.2 Å². The second-order valence-electron chi connectivity index (χ2n) is 4.75. The standard InChI is InChI=1S/C12H25N3O/c1-4-15(3)12(16)10-14(2)9-11-7-5-6-8-13-11/h11,13H,4-10H2,1-3H3. The highest BCUT2D eigenvalue weighted by Crippen LogP contribution is 2.07. The first-order chi connectivity index (χ1) is 7.63. The van der Waals surface area contributed by atoms with Crippen LogP contribution in [0.4, 0.5) is 0 Å². The topological polar surface area (TPSA) is 35.6 Å². The fourth-order valence-electron chi connectivity index (χ4n) is 2.05. The van der Waals surface area contributed by atoms with E-state index in [0.717, 1.165) is 19.6 Å². The summed E-state index contributed by atoms with van der Waals surface area (Å²) in [6.45, 7) is 5.42. The van der Waals surface area contributed by atoms with Gasteiger partial charge in [-0.05, 0) is 33.4 Å². The first kappa shape index (κ1) is 13.5. The normalized spacial score (nSPS) is 21.1. The molecule has 1 N–H and O–H groups in total. The highest BCUT2D eigenvalue weighted by atomic mass is 16.2. The maximum Gasteiger partial charge on any atom is 0.236 e. The Hall–Kier alpha value is -0.610. The summed E-state index contributed by atoms with van der Waals surface area (Å²) in [5.74, 6) is 0.209. The molecule has 1 saturated heterocycles. The number of likely N-dealkylation sites (N-methyl/N-ethyl adjacent to an activating group) is 2. The minimum atomic E-state index is 0.209. The van der Waals surface area contributed by atoms with Gasteiger partial charge in [0.15, 0.2) is 0 Å². The largest absolute Gasteiger partial charge is 0.345 e. The van der Waals surface area contributed by atoms with Crippen molar-refractivity contribution in [3.05, 3.63) is 0 Å². The molecule has 4 nitrogen and oxygen atoms in total. The van der Waals surface area contributed by atoms with E-state index in [4.69, 9.17) is 0 Å². The van der Waals surface area contributed by atoms with Crippen LogP contribution in [0.3, 0.4) is 0 Å². The molecule has 1 aliphatic rings. The Labute approximate surface area is 99.0 Å². The van der Waals surface area contributed by atoms with Crippen LogP contribution in [0, 0.1) is 0 Å². The molecule has 16 heavy (non-hydrogen) atoms. The van der Waals surface area contributed by atoms with Crippen molar-refractivity contribution in [3.8, 4) is 0 Å². The van der Waals surface area contributed by atoms with Crippen LogP contribution >= 0.6 is 0 Å². The lowest BCUT2D eigenvalue weighted by Gasteiger charge is -2.28. The summed E-state index contributed by atoms with van der Waals surface area (Å²) in [5, 5.41) is 3.50. The Morgan fingerprint density at radius 2 is 2.12 bits per heavy atom. The summed E-state index contributed by atoms with van der Waals surface area (Å²) in [7, 11) is 3.88. The first-order valence-corrected chi connectivity index (χ1v) is 6.29. The highest BCUT2D eigenvalue weighted by Gasteiger charge is 2.16. The summed E-state index contributed by atoms with van der Waals surface area (Å²) in [6, 6.07) is 0.568. The number of piperidine rings is 1. The SMILES string of the molecule is CCN(C)C(=O)CN(C)CC1CCCCN1. The van der Waals surface area contributed by atoms with Gasteiger partial charge in [-0.3, -0.25) is 9.69 Å². The Kier molecular flexibility index (Phi) is 5.77. The monoisotopic (exact) mass is 227 g/mol. The van der Waals surface area contributed by atoms with Gasteiger partial charge < -0.3 is 10.2 Å². The van der Waals surface area contributed by atoms with E-state index < -0.39 is 0 Å². The predicted molar refractivity (Wildman–Crippen MR) is 66.4 cm³/mol. The summed E-state index contributed by atoms with van der Waals surface area (Å²) in [6.07, 6.45) is 3.84. The van der Waals surface area contributed by atoms with Gasteiger partial charge in [0.1, 0.15) is 0 Å². The lowest BCUT2D eigenvalue weighted by atomic mass is 10.0. The average Bonchev–Trinajstić information content (AvgIpc) is 2.29. The van der Waals surface area contributed by atoms with Gasteiger partial charge in [0.2, 0.25) is 5.91 Å². The quantitative estimate of drug-likeness (QED) is 0.744. The number of carbonyl (C=O) groups is 1. The second kappa shape index (κ2) is 6.86. The molecule has 1 unspecified atom stereocenters. The van der Waals surface area contributed by atoms with Crippen LogP contribution in [0.5, 0.6) is 0 Å². The molecule has 0 aliphatic carbocycles. The molecule has 1 fully saturated rings. The number of nitrogens with one attached hydrogen (secondary N) is 1. The number of nitrogens with zero attached hydrogens (tertiary/aromatic N) is 2. The Morgan fingerprint density at radius 1 is 1.38 bits per heavy atom. The highest BCUT2D eigenvalue weighted by molar-refractivity contribution is 5.77. The third kappa shape index (κ3) is 4.49. The third-order valence-electron chi connectivity index (χ3n) is 3.25. The molecular formula is C12H25N3O. The fourth-order valence-corrected chi connectivity index (χ4v) is 2.05. The van der Waals surface area contributed by atoms with Crippen LogP contribution in [0.2, 0.25) is 0 Å². The van der Waals surface area contributed by atoms with Crippen LogP contribution in [0.15, 0.2) is 0 Å². The Morgan fingerprint density at radius 3 is 2.69 bits per heavy atom. The molecule has 4 heteroatoms. The number of carbonyl (C=O) groups excluding carboxylic acids is 1. The van der Waals surface area contributed by atoms with Crippen molar-refractivity contribution in [2.45, 2.75) is 32.2 Å². The van der Waals surface area contributed by atoms with Crippen LogP contribution < -0.4 is 5.32 Å². The van der Waals surface area contributed by atoms with E-state index in [1.54, 1.807) is 4.90 Å². The molecule has 0 spiro atoms. The Bertz CT molecular complexity index is 214. The maximum atomic E-state index is 11.7. The summed E-state index contributed by atoms with van der Waals surface area (Å²) in [4.78, 5) is 15.6. The van der Waals surface area contributed by atoms with Gasteiger partial charge in [0.25, 0.3) is 0 Å². The van der Waals surface area contributed by atoms with E-state index in [2.05, 4.69) is 10.2 Å². The summed E-state index contributed by atoms with van der Waals surface area (Å²) >= 11 is 0. The molecule has 1 aliphatic heterocycles. The van der Waals surface area contributed by atoms with Crippen molar-refractivity contribution in [1.82, 2.24) is 15.1 Å². The minimum absolute atomic E-state index is 0.209. The van der Waals surface area contributed by atoms with Gasteiger partial charge in [-0.1, -0.05) is 6.42 Å². The zero-order valence-corrected chi connectivity index (χ0v) is 10.8. The summed E-state index contributed by atoms with van der Waals surface area (Å²) < 4.78 is 0. The Balaban J connectivity index is 2.23. The zero-order chi connectivity index (χ0) is 12.0. The van der Waals surface area contributed by atoms with Crippen LogP contribution in [0.25, 0.3) is 0 Å². The van der Waals surface area contributed by atoms with Gasteiger partial charge in [0.05, 0.1) is 6.54 Å². The van der Waals surface area contributed by atoms with Crippen molar-refractivity contribution >= 4 is 5.91 Å². The van der Waals surface area contributed by atoms with E-state index in [9.17, 15) is 4.79 Å². The molecule has 94 valence electrons. The molecule has 1 rings (SSSR count). The summed E-state index contributed by atoms with van der Waals surface area (Å²) in [5.41, 5.74) is 0. The van der Waals surface area contributed by atoms with Crippen molar-refractivity contribution < 1.29 is 4.79 Å². The van der Waals surface area contributed by atoms with E-state index in [1.807, 2.05) is 21.0 Å². The van der Waals surface area contributed by atoms with Crippen molar-refractivity contribution in [1.29, 1.82) is 0 Å². The molecule has 0 bridgehead atoms. The molecule has 0 saturated carbocycles. The minimum Gasteiger partial charge on any atom is -0.345 e. The van der Waals surface area contributed by atoms with E-state index in [0.29, 0.717) is 12.6 Å². The molecular weight excluding hydrogens is 202 g/mol. The van der Waals surface area contributed by atoms with Crippen LogP contribution in [-0.4, -0.2) is 62.0 Å². The molecule has 0 aromatic carbocycles. The van der Waals surface area contributed by atoms with Gasteiger partial charge in [-0.15, -0.1) is 0 Å². The fraction of sp³-hybridized carbons (Fsp3) is 0.917. The third-order valence-corrected chi connectivity index (χ3v) is 3.25. The lowest BCUT2D eigenvalue weighted by Crippen LogP contribution is -2.45. The molecule has 1 heterocycles. The van der Waals surface area contributed by atoms with Crippen molar-refractivity contribution in [3.63, 3.8) is 0 Å². The van der Waals surface area contributed by atoms with E-state index in [1.165, 1.54) is 19.3 Å². The number of hydrogen-bond donors (Lipinski definition) is 1. The molecule has 0 radical (unpaired) electrons. The molecule has 0 aromatic heterocycles. The molecule has 0 aromatic rings. The smallest absolute Gasteiger partial charge is 0.236 e. The number of hydrogen-bond acceptors (Lipinski definition) is 3. The van der Waals surface area contributed by atoms with Crippen molar-refractivity contribution in [2.75, 3.05) is 40.3 Å². The van der Waals surface area contributed by atoms with Gasteiger partial charge in [-0.2, -0.15) is 0 Å². The predicted octanol–water partition coefficient (Wildman–Crippen LogP) is 0.539. The van der Waals surface area contributed by atoms with E-state index in [-0.39, 0.29) is 5.91 Å². The number of amides is 1. The zero-order valence-electron chi connectivity index (χ0n) is 10.8. The molecule has 1 atom stereocenters. The average molecular weight is 227 g/mol. The van der Waals surface area contributed by atoms with E-state index >= 15 is 0 Å². The van der Waals surface area contributed by atoms with Gasteiger partial charge in [-0.25, -0.2) is 0 Å². The maximum absolute atomic E-state index is 11.7.